The fourth-order valence-corrected chi connectivity index (χ4v) is 4.89. The van der Waals surface area contributed by atoms with Crippen LogP contribution in [0.3, 0.4) is 0 Å². The molecule has 2 aromatic heterocycles. The van der Waals surface area contributed by atoms with Gasteiger partial charge in [0.15, 0.2) is 5.82 Å². The highest BCUT2D eigenvalue weighted by Crippen LogP contribution is 2.22. The summed E-state index contributed by atoms with van der Waals surface area (Å²) in [6.07, 6.45) is 3.39. The molecular formula is C17H22N8O2S2. The first-order chi connectivity index (χ1) is 13.9. The lowest BCUT2D eigenvalue weighted by Gasteiger charge is -2.27. The normalized spacial score (nSPS) is 15.0. The van der Waals surface area contributed by atoms with Crippen LogP contribution in [0.2, 0.25) is 0 Å². The number of benzene rings is 1. The summed E-state index contributed by atoms with van der Waals surface area (Å²) in [6.45, 7) is 1.74. The maximum absolute atomic E-state index is 12.9. The van der Waals surface area contributed by atoms with Gasteiger partial charge in [0.05, 0.1) is 18.3 Å². The van der Waals surface area contributed by atoms with Crippen molar-refractivity contribution in [3.63, 3.8) is 0 Å². The summed E-state index contributed by atoms with van der Waals surface area (Å²) in [4.78, 5) is 17.5. The van der Waals surface area contributed by atoms with Crippen molar-refractivity contribution in [2.75, 3.05) is 37.0 Å². The smallest absolute Gasteiger partial charge is 0.243 e. The number of nitrogens with one attached hydrogen (secondary N) is 1. The van der Waals surface area contributed by atoms with Crippen molar-refractivity contribution in [2.45, 2.75) is 30.7 Å². The molecule has 10 nitrogen and oxygen atoms in total. The molecule has 1 saturated heterocycles. The minimum Gasteiger partial charge on any atom is -0.347 e. The molecular weight excluding hydrogens is 412 g/mol. The highest BCUT2D eigenvalue weighted by molar-refractivity contribution is 7.89. The summed E-state index contributed by atoms with van der Waals surface area (Å²) >= 11 is 0.984. The van der Waals surface area contributed by atoms with E-state index >= 15 is 0 Å². The topological polar surface area (TPSA) is 117 Å². The lowest BCUT2D eigenvalue weighted by molar-refractivity contribution is 0.563. The fraction of sp³-hybridized carbons (Fsp3) is 0.471. The molecule has 12 heteroatoms. The van der Waals surface area contributed by atoms with Crippen molar-refractivity contribution in [3.05, 3.63) is 24.0 Å². The fourth-order valence-electron chi connectivity index (χ4n) is 3.15. The Kier molecular flexibility index (Phi) is 5.56. The van der Waals surface area contributed by atoms with Gasteiger partial charge in [-0.1, -0.05) is 6.07 Å². The lowest BCUT2D eigenvalue weighted by atomic mass is 10.1. The lowest BCUT2D eigenvalue weighted by Crippen LogP contribution is -2.33. The standard InChI is InChI=1S/C17H22N8O2S2/c1-24(2)16-19-14(20-17(21-16)25-9-4-3-5-10-25)11-18-29(26,27)13-8-6-7-12-15(13)23-28-22-12/h6-8,18H,3-5,9-11H2,1-2H3. The van der Waals surface area contributed by atoms with Crippen molar-refractivity contribution >= 4 is 44.7 Å². The molecule has 0 saturated carbocycles. The summed E-state index contributed by atoms with van der Waals surface area (Å²) in [6, 6.07) is 4.90. The van der Waals surface area contributed by atoms with Crippen LogP contribution in [0.1, 0.15) is 25.1 Å². The predicted molar refractivity (Wildman–Crippen MR) is 112 cm³/mol. The minimum atomic E-state index is -3.80. The van der Waals surface area contributed by atoms with Gasteiger partial charge in [-0.15, -0.1) is 0 Å². The van der Waals surface area contributed by atoms with Crippen molar-refractivity contribution < 1.29 is 8.42 Å². The molecule has 3 aromatic rings. The van der Waals surface area contributed by atoms with E-state index < -0.39 is 10.0 Å². The van der Waals surface area contributed by atoms with Gasteiger partial charge in [-0.25, -0.2) is 13.1 Å². The van der Waals surface area contributed by atoms with E-state index in [4.69, 9.17) is 0 Å². The van der Waals surface area contributed by atoms with Crippen molar-refractivity contribution in [1.82, 2.24) is 28.4 Å². The van der Waals surface area contributed by atoms with Crippen LogP contribution in [0.5, 0.6) is 0 Å². The van der Waals surface area contributed by atoms with Crippen LogP contribution in [0, 0.1) is 0 Å². The Labute approximate surface area is 173 Å². The van der Waals surface area contributed by atoms with E-state index in [1.165, 1.54) is 12.5 Å². The monoisotopic (exact) mass is 434 g/mol. The largest absolute Gasteiger partial charge is 0.347 e. The number of piperidine rings is 1. The third-order valence-electron chi connectivity index (χ3n) is 4.66. The Bertz CT molecular complexity index is 1110. The summed E-state index contributed by atoms with van der Waals surface area (Å²) in [7, 11) is -0.106. The number of rotatable bonds is 6. The van der Waals surface area contributed by atoms with E-state index in [1.807, 2.05) is 14.1 Å². The quantitative estimate of drug-likeness (QED) is 0.614. The molecule has 29 heavy (non-hydrogen) atoms. The van der Waals surface area contributed by atoms with Crippen LogP contribution in [0.25, 0.3) is 11.0 Å². The molecule has 1 aromatic carbocycles. The van der Waals surface area contributed by atoms with Gasteiger partial charge in [-0.05, 0) is 31.4 Å². The summed E-state index contributed by atoms with van der Waals surface area (Å²) in [5.74, 6) is 1.46. The first kappa shape index (κ1) is 19.9. The molecule has 0 spiro atoms. The third-order valence-corrected chi connectivity index (χ3v) is 6.63. The zero-order valence-electron chi connectivity index (χ0n) is 16.2. The van der Waals surface area contributed by atoms with E-state index in [-0.39, 0.29) is 11.4 Å². The summed E-state index contributed by atoms with van der Waals surface area (Å²) in [5.41, 5.74) is 0.920. The molecule has 1 aliphatic heterocycles. The number of nitrogens with zero attached hydrogens (tertiary/aromatic N) is 7. The van der Waals surface area contributed by atoms with E-state index in [9.17, 15) is 8.42 Å². The predicted octanol–water partition coefficient (Wildman–Crippen LogP) is 1.41. The van der Waals surface area contributed by atoms with Crippen molar-refractivity contribution in [2.24, 2.45) is 0 Å². The average Bonchev–Trinajstić information content (AvgIpc) is 3.21. The molecule has 154 valence electrons. The minimum absolute atomic E-state index is 0.0412. The Balaban J connectivity index is 1.60. The first-order valence-corrected chi connectivity index (χ1v) is 11.5. The molecule has 1 aliphatic rings. The van der Waals surface area contributed by atoms with E-state index in [0.717, 1.165) is 37.7 Å². The second-order valence-electron chi connectivity index (χ2n) is 7.01. The second-order valence-corrected chi connectivity index (χ2v) is 9.27. The summed E-state index contributed by atoms with van der Waals surface area (Å²) < 4.78 is 36.5. The number of aromatic nitrogens is 5. The number of anilines is 2. The van der Waals surface area contributed by atoms with E-state index in [0.29, 0.717) is 28.8 Å². The van der Waals surface area contributed by atoms with E-state index in [1.54, 1.807) is 17.0 Å². The van der Waals surface area contributed by atoms with Crippen LogP contribution < -0.4 is 14.5 Å². The first-order valence-electron chi connectivity index (χ1n) is 9.32. The van der Waals surface area contributed by atoms with Gasteiger partial charge in [-0.2, -0.15) is 23.7 Å². The molecule has 0 bridgehead atoms. The number of fused-ring (bicyclic) bond motifs is 1. The molecule has 0 amide bonds. The zero-order valence-corrected chi connectivity index (χ0v) is 17.9. The Morgan fingerprint density at radius 3 is 2.66 bits per heavy atom. The van der Waals surface area contributed by atoms with Crippen LogP contribution in [-0.4, -0.2) is 59.3 Å². The molecule has 0 aliphatic carbocycles. The van der Waals surface area contributed by atoms with Crippen molar-refractivity contribution in [1.29, 1.82) is 0 Å². The van der Waals surface area contributed by atoms with Gasteiger partial charge in [0, 0.05) is 27.2 Å². The Hall–Kier alpha value is -2.44. The third kappa shape index (κ3) is 4.28. The van der Waals surface area contributed by atoms with Gasteiger partial charge >= 0.3 is 0 Å². The molecule has 4 rings (SSSR count). The van der Waals surface area contributed by atoms with Gasteiger partial charge in [0.2, 0.25) is 21.9 Å². The molecule has 3 heterocycles. The molecule has 1 fully saturated rings. The highest BCUT2D eigenvalue weighted by Gasteiger charge is 2.21. The van der Waals surface area contributed by atoms with Crippen LogP contribution in [0.4, 0.5) is 11.9 Å². The highest BCUT2D eigenvalue weighted by atomic mass is 32.2. The van der Waals surface area contributed by atoms with Crippen LogP contribution in [-0.2, 0) is 16.6 Å². The Morgan fingerprint density at radius 2 is 1.90 bits per heavy atom. The van der Waals surface area contributed by atoms with Crippen molar-refractivity contribution in [3.8, 4) is 0 Å². The zero-order chi connectivity index (χ0) is 20.4. The SMILES string of the molecule is CN(C)c1nc(CNS(=O)(=O)c2cccc3nsnc23)nc(N2CCCCC2)n1. The van der Waals surface area contributed by atoms with Gasteiger partial charge in [-0.3, -0.25) is 0 Å². The van der Waals surface area contributed by atoms with Gasteiger partial charge in [0.25, 0.3) is 0 Å². The number of hydrogen-bond acceptors (Lipinski definition) is 10. The molecule has 0 radical (unpaired) electrons. The number of hydrogen-bond donors (Lipinski definition) is 1. The van der Waals surface area contributed by atoms with E-state index in [2.05, 4.69) is 33.3 Å². The molecule has 0 unspecified atom stereocenters. The maximum Gasteiger partial charge on any atom is 0.243 e. The van der Waals surface area contributed by atoms with Crippen LogP contribution >= 0.6 is 11.7 Å². The van der Waals surface area contributed by atoms with Gasteiger partial charge < -0.3 is 9.80 Å². The molecule has 0 atom stereocenters. The Morgan fingerprint density at radius 1 is 1.10 bits per heavy atom. The maximum atomic E-state index is 12.9. The second kappa shape index (κ2) is 8.13. The average molecular weight is 435 g/mol. The van der Waals surface area contributed by atoms with Crippen LogP contribution in [0.15, 0.2) is 23.1 Å². The molecule has 1 N–H and O–H groups in total. The summed E-state index contributed by atoms with van der Waals surface area (Å²) in [5, 5.41) is 0. The number of sulfonamides is 1. The van der Waals surface area contributed by atoms with Gasteiger partial charge in [0.1, 0.15) is 15.9 Å².